The lowest BCUT2D eigenvalue weighted by Gasteiger charge is -2.11. The van der Waals surface area contributed by atoms with Gasteiger partial charge in [-0.05, 0) is 47.0 Å². The third-order valence-corrected chi connectivity index (χ3v) is 4.68. The number of fused-ring (bicyclic) bond motifs is 1. The first-order valence-electron chi connectivity index (χ1n) is 8.10. The van der Waals surface area contributed by atoms with E-state index in [9.17, 15) is 5.11 Å². The Bertz CT molecular complexity index is 1050. The van der Waals surface area contributed by atoms with Crippen LogP contribution in [0.5, 0.6) is 0 Å². The van der Waals surface area contributed by atoms with E-state index in [0.717, 1.165) is 22.4 Å². The van der Waals surface area contributed by atoms with E-state index in [2.05, 4.69) is 40.3 Å². The largest absolute Gasteiger partial charge is 0.380 e. The highest BCUT2D eigenvalue weighted by molar-refractivity contribution is 6.30. The van der Waals surface area contributed by atoms with Crippen LogP contribution in [-0.4, -0.2) is 15.1 Å². The molecule has 1 heterocycles. The summed E-state index contributed by atoms with van der Waals surface area (Å²) in [6, 6.07) is 19.9. The number of H-pyrrole nitrogens is 1. The first-order valence-corrected chi connectivity index (χ1v) is 8.48. The molecule has 0 amide bonds. The number of aryl methyl sites for hydroxylation is 1. The van der Waals surface area contributed by atoms with Gasteiger partial charge < -0.3 is 10.1 Å². The van der Waals surface area contributed by atoms with E-state index in [4.69, 9.17) is 11.6 Å². The first-order chi connectivity index (χ1) is 12.1. The lowest BCUT2D eigenvalue weighted by atomic mass is 10.0. The van der Waals surface area contributed by atoms with Gasteiger partial charge in [0.15, 0.2) is 0 Å². The Morgan fingerprint density at radius 1 is 1.00 bits per heavy atom. The van der Waals surface area contributed by atoms with Crippen LogP contribution >= 0.6 is 11.6 Å². The van der Waals surface area contributed by atoms with Crippen LogP contribution in [0.4, 0.5) is 0 Å². The van der Waals surface area contributed by atoms with Gasteiger partial charge in [-0.15, -0.1) is 0 Å². The number of aliphatic hydroxyl groups excluding tert-OH is 1. The number of aromatic amines is 1. The van der Waals surface area contributed by atoms with E-state index in [1.54, 1.807) is 12.3 Å². The SMILES string of the molecule is Cc1cc(Cl)ccc1C(O)c1ncc(-c2ccc3ccccc3c2)[nH]1. The molecular weight excluding hydrogens is 332 g/mol. The fourth-order valence-electron chi connectivity index (χ4n) is 3.07. The minimum atomic E-state index is -0.813. The number of nitrogens with zero attached hydrogens (tertiary/aromatic N) is 1. The van der Waals surface area contributed by atoms with Gasteiger partial charge in [-0.25, -0.2) is 4.98 Å². The van der Waals surface area contributed by atoms with Crippen LogP contribution in [0.25, 0.3) is 22.0 Å². The third-order valence-electron chi connectivity index (χ3n) is 4.44. The molecule has 0 saturated carbocycles. The number of imidazole rings is 1. The standard InChI is InChI=1S/C21H17ClN2O/c1-13-10-17(22)8-9-18(13)20(25)21-23-12-19(24-21)16-7-6-14-4-2-3-5-15(14)11-16/h2-12,20,25H,1H3,(H,23,24). The Morgan fingerprint density at radius 3 is 2.60 bits per heavy atom. The highest BCUT2D eigenvalue weighted by Gasteiger charge is 2.17. The predicted octanol–water partition coefficient (Wildman–Crippen LogP) is 5.27. The number of aromatic nitrogens is 2. The summed E-state index contributed by atoms with van der Waals surface area (Å²) in [7, 11) is 0. The van der Waals surface area contributed by atoms with Crippen molar-refractivity contribution in [2.75, 3.05) is 0 Å². The number of rotatable bonds is 3. The Balaban J connectivity index is 1.68. The van der Waals surface area contributed by atoms with Gasteiger partial charge in [0.25, 0.3) is 0 Å². The maximum Gasteiger partial charge on any atom is 0.140 e. The van der Waals surface area contributed by atoms with Gasteiger partial charge in [0.2, 0.25) is 0 Å². The molecule has 4 heteroatoms. The number of hydrogen-bond acceptors (Lipinski definition) is 2. The van der Waals surface area contributed by atoms with Crippen LogP contribution in [0.1, 0.15) is 23.1 Å². The zero-order valence-corrected chi connectivity index (χ0v) is 14.5. The Morgan fingerprint density at radius 2 is 1.80 bits per heavy atom. The van der Waals surface area contributed by atoms with Crippen LogP contribution in [0.2, 0.25) is 5.02 Å². The minimum absolute atomic E-state index is 0.522. The van der Waals surface area contributed by atoms with Crippen LogP contribution < -0.4 is 0 Å². The maximum atomic E-state index is 10.7. The van der Waals surface area contributed by atoms with Gasteiger partial charge >= 0.3 is 0 Å². The molecule has 1 aromatic heterocycles. The molecule has 3 nitrogen and oxygen atoms in total. The maximum absolute atomic E-state index is 10.7. The molecular formula is C21H17ClN2O. The highest BCUT2D eigenvalue weighted by Crippen LogP contribution is 2.28. The molecule has 4 rings (SSSR count). The molecule has 0 aliphatic carbocycles. The summed E-state index contributed by atoms with van der Waals surface area (Å²) < 4.78 is 0. The van der Waals surface area contributed by atoms with Crippen molar-refractivity contribution in [1.82, 2.24) is 9.97 Å². The van der Waals surface area contributed by atoms with E-state index in [0.29, 0.717) is 10.8 Å². The second kappa shape index (κ2) is 6.36. The van der Waals surface area contributed by atoms with Crippen molar-refractivity contribution in [3.05, 3.63) is 88.8 Å². The molecule has 0 bridgehead atoms. The predicted molar refractivity (Wildman–Crippen MR) is 102 cm³/mol. The lowest BCUT2D eigenvalue weighted by Crippen LogP contribution is -2.04. The molecule has 0 radical (unpaired) electrons. The fourth-order valence-corrected chi connectivity index (χ4v) is 3.30. The monoisotopic (exact) mass is 348 g/mol. The Kier molecular flexibility index (Phi) is 4.04. The Hall–Kier alpha value is -2.62. The van der Waals surface area contributed by atoms with E-state index < -0.39 is 6.10 Å². The Labute approximate surface area is 150 Å². The summed E-state index contributed by atoms with van der Waals surface area (Å²) in [4.78, 5) is 7.61. The second-order valence-corrected chi connectivity index (χ2v) is 6.58. The molecule has 2 N–H and O–H groups in total. The molecule has 25 heavy (non-hydrogen) atoms. The number of hydrogen-bond donors (Lipinski definition) is 2. The number of nitrogens with one attached hydrogen (secondary N) is 1. The van der Waals surface area contributed by atoms with Gasteiger partial charge in [-0.2, -0.15) is 0 Å². The van der Waals surface area contributed by atoms with Crippen LogP contribution in [0.15, 0.2) is 66.9 Å². The summed E-state index contributed by atoms with van der Waals surface area (Å²) >= 11 is 5.99. The van der Waals surface area contributed by atoms with Crippen LogP contribution in [0, 0.1) is 6.92 Å². The van der Waals surface area contributed by atoms with Gasteiger partial charge in [0.05, 0.1) is 11.9 Å². The molecule has 1 atom stereocenters. The second-order valence-electron chi connectivity index (χ2n) is 6.15. The summed E-state index contributed by atoms with van der Waals surface area (Å²) in [5, 5.41) is 13.7. The average molecular weight is 349 g/mol. The third kappa shape index (κ3) is 3.04. The molecule has 0 fully saturated rings. The first kappa shape index (κ1) is 15.9. The summed E-state index contributed by atoms with van der Waals surface area (Å²) in [5.41, 5.74) is 3.65. The van der Waals surface area contributed by atoms with Crippen LogP contribution in [0.3, 0.4) is 0 Å². The number of aliphatic hydroxyl groups is 1. The molecule has 0 saturated heterocycles. The van der Waals surface area contributed by atoms with Gasteiger partial charge in [-0.1, -0.05) is 54.1 Å². The summed E-state index contributed by atoms with van der Waals surface area (Å²) in [5.74, 6) is 0.522. The van der Waals surface area contributed by atoms with Crippen molar-refractivity contribution in [1.29, 1.82) is 0 Å². The van der Waals surface area contributed by atoms with E-state index in [-0.39, 0.29) is 0 Å². The van der Waals surface area contributed by atoms with Crippen LogP contribution in [-0.2, 0) is 0 Å². The van der Waals surface area contributed by atoms with E-state index in [1.807, 2.05) is 31.2 Å². The number of halogens is 1. The smallest absolute Gasteiger partial charge is 0.140 e. The zero-order chi connectivity index (χ0) is 17.4. The normalized spacial score (nSPS) is 12.4. The average Bonchev–Trinajstić information content (AvgIpc) is 3.11. The van der Waals surface area contributed by atoms with Gasteiger partial charge in [0.1, 0.15) is 11.9 Å². The molecule has 124 valence electrons. The summed E-state index contributed by atoms with van der Waals surface area (Å²) in [6.45, 7) is 1.93. The van der Waals surface area contributed by atoms with E-state index >= 15 is 0 Å². The fraction of sp³-hybridized carbons (Fsp3) is 0.0952. The van der Waals surface area contributed by atoms with E-state index in [1.165, 1.54) is 10.8 Å². The van der Waals surface area contributed by atoms with Crippen molar-refractivity contribution in [3.63, 3.8) is 0 Å². The lowest BCUT2D eigenvalue weighted by molar-refractivity contribution is 0.210. The molecule has 0 aliphatic rings. The highest BCUT2D eigenvalue weighted by atomic mass is 35.5. The van der Waals surface area contributed by atoms with Crippen molar-refractivity contribution in [3.8, 4) is 11.3 Å². The molecule has 1 unspecified atom stereocenters. The topological polar surface area (TPSA) is 48.9 Å². The molecule has 0 aliphatic heterocycles. The minimum Gasteiger partial charge on any atom is -0.380 e. The van der Waals surface area contributed by atoms with Crippen molar-refractivity contribution in [2.45, 2.75) is 13.0 Å². The van der Waals surface area contributed by atoms with Crippen molar-refractivity contribution in [2.24, 2.45) is 0 Å². The zero-order valence-electron chi connectivity index (χ0n) is 13.7. The molecule has 3 aromatic carbocycles. The van der Waals surface area contributed by atoms with Gasteiger partial charge in [0, 0.05) is 10.6 Å². The van der Waals surface area contributed by atoms with Crippen molar-refractivity contribution >= 4 is 22.4 Å². The van der Waals surface area contributed by atoms with Gasteiger partial charge in [-0.3, -0.25) is 0 Å². The molecule has 0 spiro atoms. The summed E-state index contributed by atoms with van der Waals surface area (Å²) in [6.07, 6.45) is 0.944. The molecule has 4 aromatic rings. The quantitative estimate of drug-likeness (QED) is 0.529. The number of benzene rings is 3. The van der Waals surface area contributed by atoms with Crippen molar-refractivity contribution < 1.29 is 5.11 Å².